The van der Waals surface area contributed by atoms with Gasteiger partial charge in [0, 0.05) is 32.4 Å². The van der Waals surface area contributed by atoms with Gasteiger partial charge in [0.15, 0.2) is 0 Å². The number of benzene rings is 1. The molecule has 0 atom stereocenters. The second-order valence-electron chi connectivity index (χ2n) is 9.42. The summed E-state index contributed by atoms with van der Waals surface area (Å²) in [5.41, 5.74) is 8.40. The Labute approximate surface area is 210 Å². The van der Waals surface area contributed by atoms with Crippen LogP contribution < -0.4 is 21.3 Å². The number of nitrogens with one attached hydrogen (secondary N) is 2. The fourth-order valence-electron chi connectivity index (χ4n) is 3.78. The number of carbonyl (C=O) groups excluding carboxylic acids is 2. The second kappa shape index (κ2) is 10.5. The van der Waals surface area contributed by atoms with E-state index in [1.54, 1.807) is 41.6 Å². The Morgan fingerprint density at radius 3 is 2.44 bits per heavy atom. The fourth-order valence-corrected chi connectivity index (χ4v) is 3.78. The van der Waals surface area contributed by atoms with E-state index in [1.165, 1.54) is 0 Å². The van der Waals surface area contributed by atoms with Crippen molar-refractivity contribution in [1.29, 1.82) is 0 Å². The van der Waals surface area contributed by atoms with Gasteiger partial charge in [0.05, 0.1) is 28.9 Å². The number of hydrogen-bond donors (Lipinski definition) is 3. The quantitative estimate of drug-likeness (QED) is 0.457. The number of nitrogen functional groups attached to an aromatic ring is 1. The van der Waals surface area contributed by atoms with Crippen LogP contribution in [0.5, 0.6) is 0 Å². The smallest absolute Gasteiger partial charge is 0.410 e. The lowest BCUT2D eigenvalue weighted by molar-refractivity contribution is 0.0240. The Morgan fingerprint density at radius 1 is 0.972 bits per heavy atom. The molecule has 10 heteroatoms. The molecule has 3 aromatic rings. The van der Waals surface area contributed by atoms with Gasteiger partial charge in [-0.2, -0.15) is 0 Å². The van der Waals surface area contributed by atoms with E-state index >= 15 is 0 Å². The molecule has 1 fully saturated rings. The van der Waals surface area contributed by atoms with E-state index in [2.05, 4.69) is 25.5 Å². The topological polar surface area (TPSA) is 126 Å². The third kappa shape index (κ3) is 6.21. The van der Waals surface area contributed by atoms with Crippen LogP contribution in [0.2, 0.25) is 0 Å². The number of ether oxygens (including phenoxy) is 1. The SMILES string of the molecule is CC(C)(C)OC(=O)N1CCN(c2ccncc2NC(=O)c2cccc(Nc3ccccc3N)n2)CC1. The summed E-state index contributed by atoms with van der Waals surface area (Å²) in [7, 11) is 0. The summed E-state index contributed by atoms with van der Waals surface area (Å²) in [6.45, 7) is 7.79. The molecule has 4 rings (SSSR count). The van der Waals surface area contributed by atoms with Crippen molar-refractivity contribution in [2.45, 2.75) is 26.4 Å². The number of rotatable bonds is 5. The first-order chi connectivity index (χ1) is 17.2. The molecule has 0 bridgehead atoms. The number of para-hydroxylation sites is 2. The van der Waals surface area contributed by atoms with Crippen molar-refractivity contribution < 1.29 is 14.3 Å². The first-order valence-corrected chi connectivity index (χ1v) is 11.8. The first kappa shape index (κ1) is 24.8. The van der Waals surface area contributed by atoms with Crippen LogP contribution in [0.15, 0.2) is 60.9 Å². The Bertz CT molecular complexity index is 1230. The van der Waals surface area contributed by atoms with Crippen molar-refractivity contribution in [3.63, 3.8) is 0 Å². The number of nitrogens with two attached hydrogens (primary N) is 1. The molecule has 1 aliphatic heterocycles. The molecule has 2 amide bonds. The second-order valence-corrected chi connectivity index (χ2v) is 9.42. The van der Waals surface area contributed by atoms with E-state index in [4.69, 9.17) is 10.5 Å². The van der Waals surface area contributed by atoms with Crippen molar-refractivity contribution in [1.82, 2.24) is 14.9 Å². The van der Waals surface area contributed by atoms with Gasteiger partial charge in [0.25, 0.3) is 5.91 Å². The zero-order valence-electron chi connectivity index (χ0n) is 20.7. The van der Waals surface area contributed by atoms with Crippen LogP contribution in [0.25, 0.3) is 0 Å². The highest BCUT2D eigenvalue weighted by Crippen LogP contribution is 2.27. The minimum Gasteiger partial charge on any atom is -0.444 e. The van der Waals surface area contributed by atoms with Crippen molar-refractivity contribution in [3.8, 4) is 0 Å². The van der Waals surface area contributed by atoms with E-state index in [0.717, 1.165) is 5.69 Å². The summed E-state index contributed by atoms with van der Waals surface area (Å²) < 4.78 is 5.48. The zero-order chi connectivity index (χ0) is 25.7. The van der Waals surface area contributed by atoms with Gasteiger partial charge >= 0.3 is 6.09 Å². The summed E-state index contributed by atoms with van der Waals surface area (Å²) in [6, 6.07) is 14.4. The number of piperazine rings is 1. The molecule has 10 nitrogen and oxygen atoms in total. The maximum absolute atomic E-state index is 13.1. The van der Waals surface area contributed by atoms with Crippen molar-refractivity contribution in [2.24, 2.45) is 0 Å². The number of amides is 2. The average Bonchev–Trinajstić information content (AvgIpc) is 2.85. The van der Waals surface area contributed by atoms with Crippen molar-refractivity contribution in [2.75, 3.05) is 47.4 Å². The average molecular weight is 490 g/mol. The van der Waals surface area contributed by atoms with Crippen LogP contribution in [0.3, 0.4) is 0 Å². The predicted molar refractivity (Wildman–Crippen MR) is 141 cm³/mol. The van der Waals surface area contributed by atoms with E-state index in [1.807, 2.05) is 45.0 Å². The monoisotopic (exact) mass is 489 g/mol. The van der Waals surface area contributed by atoms with Crippen LogP contribution in [0.4, 0.5) is 33.4 Å². The lowest BCUT2D eigenvalue weighted by Crippen LogP contribution is -2.50. The Kier molecular flexibility index (Phi) is 7.23. The number of anilines is 5. The summed E-state index contributed by atoms with van der Waals surface area (Å²) >= 11 is 0. The molecule has 1 aromatic carbocycles. The van der Waals surface area contributed by atoms with Crippen LogP contribution >= 0.6 is 0 Å². The third-order valence-electron chi connectivity index (χ3n) is 5.52. The van der Waals surface area contributed by atoms with E-state index < -0.39 is 5.60 Å². The maximum Gasteiger partial charge on any atom is 0.410 e. The highest BCUT2D eigenvalue weighted by molar-refractivity contribution is 6.04. The van der Waals surface area contributed by atoms with Gasteiger partial charge in [-0.25, -0.2) is 9.78 Å². The van der Waals surface area contributed by atoms with Gasteiger partial charge in [-0.15, -0.1) is 0 Å². The molecule has 0 unspecified atom stereocenters. The Hall–Kier alpha value is -4.34. The van der Waals surface area contributed by atoms with Gasteiger partial charge in [-0.3, -0.25) is 9.78 Å². The standard InChI is InChI=1S/C26H31N7O3/c1-26(2,3)36-25(35)33-15-13-32(14-16-33)22-11-12-28-17-21(22)31-24(34)20-9-6-10-23(30-20)29-19-8-5-4-7-18(19)27/h4-12,17H,13-16,27H2,1-3H3,(H,29,30)(H,31,34). The zero-order valence-corrected chi connectivity index (χ0v) is 20.7. The predicted octanol–water partition coefficient (Wildman–Crippen LogP) is 4.11. The summed E-state index contributed by atoms with van der Waals surface area (Å²) in [5, 5.41) is 6.07. The van der Waals surface area contributed by atoms with E-state index in [0.29, 0.717) is 49.1 Å². The van der Waals surface area contributed by atoms with Crippen molar-refractivity contribution in [3.05, 3.63) is 66.6 Å². The molecule has 3 heterocycles. The molecule has 4 N–H and O–H groups in total. The van der Waals surface area contributed by atoms with Gasteiger partial charge in [-0.05, 0) is 51.1 Å². The van der Waals surface area contributed by atoms with Crippen LogP contribution in [0.1, 0.15) is 31.3 Å². The molecule has 1 aliphatic rings. The maximum atomic E-state index is 13.1. The van der Waals surface area contributed by atoms with E-state index in [-0.39, 0.29) is 17.7 Å². The Balaban J connectivity index is 1.43. The van der Waals surface area contributed by atoms with Gasteiger partial charge in [0.1, 0.15) is 17.1 Å². The number of carbonyl (C=O) groups is 2. The van der Waals surface area contributed by atoms with Gasteiger partial charge < -0.3 is 30.9 Å². The van der Waals surface area contributed by atoms with Crippen LogP contribution in [0, 0.1) is 0 Å². The summed E-state index contributed by atoms with van der Waals surface area (Å²) in [5.74, 6) is 0.145. The number of pyridine rings is 2. The number of hydrogen-bond acceptors (Lipinski definition) is 8. The van der Waals surface area contributed by atoms with Gasteiger partial charge in [-0.1, -0.05) is 18.2 Å². The lowest BCUT2D eigenvalue weighted by atomic mass is 10.2. The van der Waals surface area contributed by atoms with Crippen LogP contribution in [-0.2, 0) is 4.74 Å². The van der Waals surface area contributed by atoms with Gasteiger partial charge in [0.2, 0.25) is 0 Å². The molecule has 2 aromatic heterocycles. The molecule has 1 saturated heterocycles. The molecule has 36 heavy (non-hydrogen) atoms. The van der Waals surface area contributed by atoms with Crippen molar-refractivity contribution >= 4 is 40.6 Å². The van der Waals surface area contributed by atoms with E-state index in [9.17, 15) is 9.59 Å². The molecule has 0 saturated carbocycles. The Morgan fingerprint density at radius 2 is 1.72 bits per heavy atom. The minimum absolute atomic E-state index is 0.249. The molecule has 0 radical (unpaired) electrons. The third-order valence-corrected chi connectivity index (χ3v) is 5.52. The first-order valence-electron chi connectivity index (χ1n) is 11.8. The molecule has 0 aliphatic carbocycles. The van der Waals surface area contributed by atoms with Crippen LogP contribution in [-0.4, -0.2) is 58.6 Å². The fraction of sp³-hybridized carbons (Fsp3) is 0.308. The largest absolute Gasteiger partial charge is 0.444 e. The molecule has 188 valence electrons. The normalized spacial score (nSPS) is 13.8. The summed E-state index contributed by atoms with van der Waals surface area (Å²) in [4.78, 5) is 37.9. The molecular weight excluding hydrogens is 458 g/mol. The highest BCUT2D eigenvalue weighted by Gasteiger charge is 2.27. The number of nitrogens with zero attached hydrogens (tertiary/aromatic N) is 4. The molecular formula is C26H31N7O3. The minimum atomic E-state index is -0.536. The lowest BCUT2D eigenvalue weighted by Gasteiger charge is -2.37. The summed E-state index contributed by atoms with van der Waals surface area (Å²) in [6.07, 6.45) is 2.97. The highest BCUT2D eigenvalue weighted by atomic mass is 16.6. The number of aromatic nitrogens is 2. The molecule has 0 spiro atoms.